The molecule has 1 aliphatic heterocycles. The van der Waals surface area contributed by atoms with Crippen molar-refractivity contribution in [3.8, 4) is 0 Å². The first kappa shape index (κ1) is 14.2. The molecule has 0 radical (unpaired) electrons. The van der Waals surface area contributed by atoms with Crippen LogP contribution < -0.4 is 5.32 Å². The van der Waals surface area contributed by atoms with Gasteiger partial charge in [0.1, 0.15) is 5.84 Å². The van der Waals surface area contributed by atoms with Gasteiger partial charge in [0, 0.05) is 33.3 Å². The highest BCUT2D eigenvalue weighted by molar-refractivity contribution is 5.91. The molecule has 1 heterocycles. The van der Waals surface area contributed by atoms with E-state index in [1.165, 1.54) is 5.57 Å². The molecule has 17 heavy (non-hydrogen) atoms. The van der Waals surface area contributed by atoms with Gasteiger partial charge in [0.15, 0.2) is 0 Å². The lowest BCUT2D eigenvalue weighted by Crippen LogP contribution is -2.45. The minimum atomic E-state index is 0.109. The number of nitrogens with one attached hydrogen (secondary N) is 2. The van der Waals surface area contributed by atoms with Crippen molar-refractivity contribution in [1.29, 1.82) is 5.41 Å². The van der Waals surface area contributed by atoms with E-state index in [4.69, 9.17) is 10.1 Å². The summed E-state index contributed by atoms with van der Waals surface area (Å²) in [5, 5.41) is 11.4. The molecule has 1 atom stereocenters. The van der Waals surface area contributed by atoms with Gasteiger partial charge < -0.3 is 15.0 Å². The van der Waals surface area contributed by atoms with Crippen LogP contribution in [0.3, 0.4) is 0 Å². The van der Waals surface area contributed by atoms with Crippen molar-refractivity contribution < 1.29 is 4.74 Å². The van der Waals surface area contributed by atoms with Crippen LogP contribution in [0.15, 0.2) is 11.6 Å². The summed E-state index contributed by atoms with van der Waals surface area (Å²) in [5.41, 5.74) is 1.22. The molecule has 1 aliphatic rings. The van der Waals surface area contributed by atoms with Crippen LogP contribution >= 0.6 is 0 Å². The summed E-state index contributed by atoms with van der Waals surface area (Å²) in [6.45, 7) is 8.00. The van der Waals surface area contributed by atoms with Gasteiger partial charge in [-0.05, 0) is 25.0 Å². The highest BCUT2D eigenvalue weighted by atomic mass is 16.5. The fourth-order valence-corrected chi connectivity index (χ4v) is 2.01. The number of rotatable bonds is 5. The molecule has 1 unspecified atom stereocenters. The largest absolute Gasteiger partial charge is 0.377 e. The Morgan fingerprint density at radius 3 is 2.65 bits per heavy atom. The second-order valence-electron chi connectivity index (χ2n) is 4.47. The average Bonchev–Trinajstić information content (AvgIpc) is 2.38. The quantitative estimate of drug-likeness (QED) is 0.566. The van der Waals surface area contributed by atoms with E-state index in [1.54, 1.807) is 7.11 Å². The van der Waals surface area contributed by atoms with Gasteiger partial charge in [-0.15, -0.1) is 0 Å². The highest BCUT2D eigenvalue weighted by Crippen LogP contribution is 2.13. The van der Waals surface area contributed by atoms with Gasteiger partial charge >= 0.3 is 0 Å². The molecule has 1 saturated heterocycles. The zero-order valence-corrected chi connectivity index (χ0v) is 11.3. The van der Waals surface area contributed by atoms with Crippen molar-refractivity contribution in [2.75, 3.05) is 33.3 Å². The number of hydrogen-bond acceptors (Lipinski definition) is 3. The van der Waals surface area contributed by atoms with E-state index in [1.807, 2.05) is 13.0 Å². The van der Waals surface area contributed by atoms with Crippen LogP contribution in [-0.2, 0) is 4.74 Å². The van der Waals surface area contributed by atoms with Gasteiger partial charge in [-0.25, -0.2) is 0 Å². The molecular formula is C13H25N3O. The van der Waals surface area contributed by atoms with Crippen LogP contribution in [0.25, 0.3) is 0 Å². The summed E-state index contributed by atoms with van der Waals surface area (Å²) in [7, 11) is 1.72. The van der Waals surface area contributed by atoms with Crippen molar-refractivity contribution in [3.05, 3.63) is 11.6 Å². The van der Waals surface area contributed by atoms with Crippen molar-refractivity contribution in [2.45, 2.75) is 32.8 Å². The monoisotopic (exact) mass is 239 g/mol. The van der Waals surface area contributed by atoms with Gasteiger partial charge in [-0.3, -0.25) is 5.41 Å². The standard InChI is InChI=1S/C13H25N3O/c1-4-5-12(11(2)17-3)10-13(14)16-8-6-15-7-9-16/h10-11,14-15H,4-9H2,1-3H3/b12-10+,14-13?. The lowest BCUT2D eigenvalue weighted by Gasteiger charge is -2.29. The van der Waals surface area contributed by atoms with Gasteiger partial charge in [-0.2, -0.15) is 0 Å². The summed E-state index contributed by atoms with van der Waals surface area (Å²) >= 11 is 0. The highest BCUT2D eigenvalue weighted by Gasteiger charge is 2.14. The maximum absolute atomic E-state index is 8.13. The number of piperazine rings is 1. The number of hydrogen-bond donors (Lipinski definition) is 2. The molecule has 0 aromatic carbocycles. The van der Waals surface area contributed by atoms with Gasteiger partial charge in [0.2, 0.25) is 0 Å². The lowest BCUT2D eigenvalue weighted by molar-refractivity contribution is 0.144. The first-order chi connectivity index (χ1) is 8.19. The predicted molar refractivity (Wildman–Crippen MR) is 71.6 cm³/mol. The Balaban J connectivity index is 2.63. The van der Waals surface area contributed by atoms with E-state index in [9.17, 15) is 0 Å². The summed E-state index contributed by atoms with van der Waals surface area (Å²) in [5.74, 6) is 0.624. The fraction of sp³-hybridized carbons (Fsp3) is 0.769. The Morgan fingerprint density at radius 1 is 1.47 bits per heavy atom. The molecule has 0 spiro atoms. The van der Waals surface area contributed by atoms with Crippen molar-refractivity contribution in [1.82, 2.24) is 10.2 Å². The average molecular weight is 239 g/mol. The molecule has 0 saturated carbocycles. The number of methoxy groups -OCH3 is 1. The fourth-order valence-electron chi connectivity index (χ4n) is 2.01. The second-order valence-corrected chi connectivity index (χ2v) is 4.47. The molecule has 0 bridgehead atoms. The van der Waals surface area contributed by atoms with Gasteiger partial charge in [0.05, 0.1) is 6.10 Å². The molecule has 0 aromatic rings. The van der Waals surface area contributed by atoms with E-state index in [0.717, 1.165) is 39.0 Å². The van der Waals surface area contributed by atoms with Crippen LogP contribution in [-0.4, -0.2) is 50.1 Å². The number of amidine groups is 1. The van der Waals surface area contributed by atoms with Crippen molar-refractivity contribution in [3.63, 3.8) is 0 Å². The SMILES string of the molecule is CCC/C(=C\C(=N)N1CCNCC1)C(C)OC. The van der Waals surface area contributed by atoms with Crippen LogP contribution in [0.4, 0.5) is 0 Å². The predicted octanol–water partition coefficient (Wildman–Crippen LogP) is 1.63. The Hall–Kier alpha value is -0.870. The molecule has 4 nitrogen and oxygen atoms in total. The molecule has 1 fully saturated rings. The smallest absolute Gasteiger partial charge is 0.120 e. The maximum atomic E-state index is 8.13. The van der Waals surface area contributed by atoms with E-state index in [0.29, 0.717) is 5.84 Å². The lowest BCUT2D eigenvalue weighted by atomic mass is 10.0. The minimum absolute atomic E-state index is 0.109. The van der Waals surface area contributed by atoms with E-state index < -0.39 is 0 Å². The zero-order valence-electron chi connectivity index (χ0n) is 11.3. The molecule has 4 heteroatoms. The van der Waals surface area contributed by atoms with E-state index in [2.05, 4.69) is 17.1 Å². The minimum Gasteiger partial charge on any atom is -0.377 e. The molecule has 0 aliphatic carbocycles. The van der Waals surface area contributed by atoms with Crippen LogP contribution in [0, 0.1) is 5.41 Å². The topological polar surface area (TPSA) is 48.4 Å². The number of ether oxygens (including phenoxy) is 1. The van der Waals surface area contributed by atoms with Gasteiger partial charge in [0.25, 0.3) is 0 Å². The second kappa shape index (κ2) is 7.45. The molecule has 0 aromatic heterocycles. The van der Waals surface area contributed by atoms with E-state index >= 15 is 0 Å². The third-order valence-corrected chi connectivity index (χ3v) is 3.19. The van der Waals surface area contributed by atoms with E-state index in [-0.39, 0.29) is 6.10 Å². The van der Waals surface area contributed by atoms with Crippen molar-refractivity contribution in [2.24, 2.45) is 0 Å². The summed E-state index contributed by atoms with van der Waals surface area (Å²) in [6.07, 6.45) is 4.19. The molecule has 98 valence electrons. The van der Waals surface area contributed by atoms with Crippen LogP contribution in [0.2, 0.25) is 0 Å². The normalized spacial score (nSPS) is 19.2. The van der Waals surface area contributed by atoms with Crippen LogP contribution in [0.5, 0.6) is 0 Å². The Bertz CT molecular complexity index is 270. The molecular weight excluding hydrogens is 214 g/mol. The number of nitrogens with zero attached hydrogens (tertiary/aromatic N) is 1. The Labute approximate surface area is 105 Å². The Kier molecular flexibility index (Phi) is 6.22. The molecule has 2 N–H and O–H groups in total. The summed E-state index contributed by atoms with van der Waals surface area (Å²) in [6, 6.07) is 0. The third kappa shape index (κ3) is 4.48. The molecule has 0 amide bonds. The van der Waals surface area contributed by atoms with Crippen molar-refractivity contribution >= 4 is 5.84 Å². The Morgan fingerprint density at radius 2 is 2.12 bits per heavy atom. The first-order valence-corrected chi connectivity index (χ1v) is 6.46. The van der Waals surface area contributed by atoms with Crippen LogP contribution in [0.1, 0.15) is 26.7 Å². The maximum Gasteiger partial charge on any atom is 0.120 e. The van der Waals surface area contributed by atoms with Gasteiger partial charge in [-0.1, -0.05) is 13.3 Å². The summed E-state index contributed by atoms with van der Waals surface area (Å²) in [4.78, 5) is 2.12. The zero-order chi connectivity index (χ0) is 12.7. The molecule has 1 rings (SSSR count). The first-order valence-electron chi connectivity index (χ1n) is 6.46. The third-order valence-electron chi connectivity index (χ3n) is 3.19. The summed E-state index contributed by atoms with van der Waals surface area (Å²) < 4.78 is 5.36.